The number of aromatic nitrogens is 2. The maximum Gasteiger partial charge on any atom is 0.274 e. The summed E-state index contributed by atoms with van der Waals surface area (Å²) in [6, 6.07) is 13.0. The monoisotopic (exact) mass is 376 g/mol. The summed E-state index contributed by atoms with van der Waals surface area (Å²) in [6.07, 6.45) is 1.55. The Kier molecular flexibility index (Phi) is 4.80. The molecule has 1 aromatic heterocycles. The van der Waals surface area contributed by atoms with Crippen LogP contribution >= 0.6 is 0 Å². The van der Waals surface area contributed by atoms with E-state index in [2.05, 4.69) is 26.7 Å². The van der Waals surface area contributed by atoms with Crippen LogP contribution in [0.5, 0.6) is 11.5 Å². The number of fused-ring (bicyclic) bond motifs is 1. The minimum absolute atomic E-state index is 0.272. The molecule has 0 atom stereocenters. The maximum absolute atomic E-state index is 12.6. The molecule has 2 N–H and O–H groups in total. The molecule has 142 valence electrons. The van der Waals surface area contributed by atoms with Crippen LogP contribution in [0.3, 0.4) is 0 Å². The second kappa shape index (κ2) is 7.56. The van der Waals surface area contributed by atoms with Crippen LogP contribution in [-0.2, 0) is 0 Å². The summed E-state index contributed by atoms with van der Waals surface area (Å²) in [5.74, 6) is 1.40. The van der Waals surface area contributed by atoms with Crippen LogP contribution in [0, 0.1) is 13.8 Å². The zero-order valence-electron chi connectivity index (χ0n) is 15.7. The van der Waals surface area contributed by atoms with Gasteiger partial charge in [-0.05, 0) is 55.3 Å². The molecule has 4 rings (SSSR count). The van der Waals surface area contributed by atoms with Crippen LogP contribution in [0.1, 0.15) is 21.6 Å². The van der Waals surface area contributed by atoms with Crippen molar-refractivity contribution in [2.45, 2.75) is 13.8 Å². The van der Waals surface area contributed by atoms with E-state index in [0.29, 0.717) is 30.7 Å². The molecule has 3 aromatic rings. The molecule has 7 heteroatoms. The van der Waals surface area contributed by atoms with Gasteiger partial charge in [0, 0.05) is 23.6 Å². The molecule has 0 bridgehead atoms. The molecule has 2 heterocycles. The topological polar surface area (TPSA) is 85.4 Å². The number of aryl methyl sites for hydroxylation is 2. The van der Waals surface area contributed by atoms with E-state index < -0.39 is 0 Å². The number of hydrogen-bond donors (Lipinski definition) is 2. The Morgan fingerprint density at radius 1 is 0.929 bits per heavy atom. The van der Waals surface area contributed by atoms with Gasteiger partial charge in [-0.1, -0.05) is 6.07 Å². The van der Waals surface area contributed by atoms with Crippen molar-refractivity contribution in [2.24, 2.45) is 0 Å². The SMILES string of the molecule is Cc1cc(C)cc(NC(=O)c2ccnc(Nc3ccc4c(c3)OCCO4)n2)c1. The van der Waals surface area contributed by atoms with E-state index in [-0.39, 0.29) is 11.6 Å². The van der Waals surface area contributed by atoms with Gasteiger partial charge in [0.25, 0.3) is 5.91 Å². The molecule has 0 spiro atoms. The second-order valence-electron chi connectivity index (χ2n) is 6.58. The Balaban J connectivity index is 1.50. The zero-order valence-corrected chi connectivity index (χ0v) is 15.7. The summed E-state index contributed by atoms with van der Waals surface area (Å²) in [4.78, 5) is 21.1. The summed E-state index contributed by atoms with van der Waals surface area (Å²) in [5.41, 5.74) is 3.92. The molecular weight excluding hydrogens is 356 g/mol. The van der Waals surface area contributed by atoms with E-state index in [1.807, 2.05) is 44.2 Å². The third-order valence-electron chi connectivity index (χ3n) is 4.17. The van der Waals surface area contributed by atoms with Crippen LogP contribution in [-0.4, -0.2) is 29.1 Å². The molecular formula is C21H20N4O3. The third-order valence-corrected chi connectivity index (χ3v) is 4.17. The Hall–Kier alpha value is -3.61. The largest absolute Gasteiger partial charge is 0.486 e. The molecule has 0 saturated carbocycles. The van der Waals surface area contributed by atoms with Crippen molar-refractivity contribution in [3.8, 4) is 11.5 Å². The van der Waals surface area contributed by atoms with Crippen molar-refractivity contribution in [1.82, 2.24) is 9.97 Å². The summed E-state index contributed by atoms with van der Waals surface area (Å²) >= 11 is 0. The predicted molar refractivity (Wildman–Crippen MR) is 107 cm³/mol. The number of nitrogens with zero attached hydrogens (tertiary/aromatic N) is 2. The number of hydrogen-bond acceptors (Lipinski definition) is 6. The van der Waals surface area contributed by atoms with Crippen LogP contribution in [0.25, 0.3) is 0 Å². The molecule has 0 radical (unpaired) electrons. The lowest BCUT2D eigenvalue weighted by molar-refractivity contribution is 0.102. The highest BCUT2D eigenvalue weighted by Crippen LogP contribution is 2.33. The Bertz CT molecular complexity index is 1020. The molecule has 1 aliphatic heterocycles. The van der Waals surface area contributed by atoms with Crippen LogP contribution < -0.4 is 20.1 Å². The number of rotatable bonds is 4. The average molecular weight is 376 g/mol. The summed E-state index contributed by atoms with van der Waals surface area (Å²) in [6.45, 7) is 5.03. The number of amides is 1. The van der Waals surface area contributed by atoms with E-state index >= 15 is 0 Å². The standard InChI is InChI=1S/C21H20N4O3/c1-13-9-14(2)11-16(10-13)23-20(26)17-5-6-22-21(25-17)24-15-3-4-18-19(12-15)28-8-7-27-18/h3-6,9-12H,7-8H2,1-2H3,(H,23,26)(H,22,24,25). The van der Waals surface area contributed by atoms with Crippen molar-refractivity contribution >= 4 is 23.2 Å². The third kappa shape index (κ3) is 4.03. The number of carbonyl (C=O) groups excluding carboxylic acids is 1. The van der Waals surface area contributed by atoms with Crippen molar-refractivity contribution < 1.29 is 14.3 Å². The highest BCUT2D eigenvalue weighted by Gasteiger charge is 2.13. The summed E-state index contributed by atoms with van der Waals surface area (Å²) < 4.78 is 11.1. The van der Waals surface area contributed by atoms with E-state index in [9.17, 15) is 4.79 Å². The summed E-state index contributed by atoms with van der Waals surface area (Å²) in [5, 5.41) is 5.97. The highest BCUT2D eigenvalue weighted by atomic mass is 16.6. The van der Waals surface area contributed by atoms with E-state index in [1.165, 1.54) is 0 Å². The van der Waals surface area contributed by atoms with Gasteiger partial charge in [0.1, 0.15) is 18.9 Å². The Morgan fingerprint density at radius 2 is 1.68 bits per heavy atom. The van der Waals surface area contributed by atoms with E-state index in [1.54, 1.807) is 12.3 Å². The first kappa shape index (κ1) is 17.8. The first-order chi connectivity index (χ1) is 13.6. The van der Waals surface area contributed by atoms with Gasteiger partial charge in [0.2, 0.25) is 5.95 Å². The molecule has 2 aromatic carbocycles. The zero-order chi connectivity index (χ0) is 19.5. The molecule has 0 aliphatic carbocycles. The van der Waals surface area contributed by atoms with Crippen LogP contribution in [0.15, 0.2) is 48.7 Å². The lowest BCUT2D eigenvalue weighted by atomic mass is 10.1. The van der Waals surface area contributed by atoms with E-state index in [0.717, 1.165) is 22.5 Å². The molecule has 1 aliphatic rings. The van der Waals surface area contributed by atoms with Crippen LogP contribution in [0.2, 0.25) is 0 Å². The van der Waals surface area contributed by atoms with Gasteiger partial charge < -0.3 is 20.1 Å². The Labute approximate surface area is 162 Å². The maximum atomic E-state index is 12.6. The fourth-order valence-electron chi connectivity index (χ4n) is 3.04. The minimum Gasteiger partial charge on any atom is -0.486 e. The quantitative estimate of drug-likeness (QED) is 0.719. The lowest BCUT2D eigenvalue weighted by Gasteiger charge is -2.19. The first-order valence-electron chi connectivity index (χ1n) is 8.96. The number of carbonyl (C=O) groups is 1. The van der Waals surface area contributed by atoms with Gasteiger partial charge in [-0.2, -0.15) is 0 Å². The molecule has 0 fully saturated rings. The fourth-order valence-corrected chi connectivity index (χ4v) is 3.04. The lowest BCUT2D eigenvalue weighted by Crippen LogP contribution is -2.16. The van der Waals surface area contributed by atoms with Gasteiger partial charge in [0.05, 0.1) is 0 Å². The Morgan fingerprint density at radius 3 is 2.46 bits per heavy atom. The van der Waals surface area contributed by atoms with Gasteiger partial charge in [-0.15, -0.1) is 0 Å². The fraction of sp³-hybridized carbons (Fsp3) is 0.190. The van der Waals surface area contributed by atoms with Gasteiger partial charge in [-0.3, -0.25) is 4.79 Å². The molecule has 28 heavy (non-hydrogen) atoms. The normalized spacial score (nSPS) is 12.4. The van der Waals surface area contributed by atoms with Crippen molar-refractivity contribution in [2.75, 3.05) is 23.8 Å². The minimum atomic E-state index is -0.294. The molecule has 0 unspecified atom stereocenters. The van der Waals surface area contributed by atoms with E-state index in [4.69, 9.17) is 9.47 Å². The van der Waals surface area contributed by atoms with Gasteiger partial charge >= 0.3 is 0 Å². The smallest absolute Gasteiger partial charge is 0.274 e. The van der Waals surface area contributed by atoms with Crippen molar-refractivity contribution in [3.63, 3.8) is 0 Å². The number of anilines is 3. The first-order valence-corrected chi connectivity index (χ1v) is 8.96. The number of ether oxygens (including phenoxy) is 2. The van der Waals surface area contributed by atoms with Crippen LogP contribution in [0.4, 0.5) is 17.3 Å². The highest BCUT2D eigenvalue weighted by molar-refractivity contribution is 6.03. The second-order valence-corrected chi connectivity index (χ2v) is 6.58. The van der Waals surface area contributed by atoms with Crippen molar-refractivity contribution in [1.29, 1.82) is 0 Å². The van der Waals surface area contributed by atoms with Gasteiger partial charge in [-0.25, -0.2) is 9.97 Å². The number of nitrogens with one attached hydrogen (secondary N) is 2. The predicted octanol–water partition coefficient (Wildman–Crippen LogP) is 3.86. The molecule has 1 amide bonds. The number of benzene rings is 2. The molecule has 7 nitrogen and oxygen atoms in total. The molecule has 0 saturated heterocycles. The summed E-state index contributed by atoms with van der Waals surface area (Å²) in [7, 11) is 0. The average Bonchev–Trinajstić information content (AvgIpc) is 2.67. The van der Waals surface area contributed by atoms with Gasteiger partial charge in [0.15, 0.2) is 11.5 Å². The van der Waals surface area contributed by atoms with Crippen molar-refractivity contribution in [3.05, 3.63) is 65.5 Å².